The minimum atomic E-state index is 0.135. The van der Waals surface area contributed by atoms with Crippen molar-refractivity contribution in [3.8, 4) is 5.95 Å². The fourth-order valence-corrected chi connectivity index (χ4v) is 1.46. The summed E-state index contributed by atoms with van der Waals surface area (Å²) in [6.07, 6.45) is 5.04. The SMILES string of the molecule is CC(C)C(C)(C)CNc1nc(N)nc(-n2ccnc2)n1. The molecule has 0 aliphatic rings. The summed E-state index contributed by atoms with van der Waals surface area (Å²) in [5.41, 5.74) is 5.86. The van der Waals surface area contributed by atoms with E-state index in [0.717, 1.165) is 6.54 Å². The molecule has 7 heteroatoms. The molecule has 0 radical (unpaired) electrons. The predicted molar refractivity (Wildman–Crippen MR) is 78.5 cm³/mol. The smallest absolute Gasteiger partial charge is 0.241 e. The molecule has 0 spiro atoms. The molecule has 2 heterocycles. The molecule has 0 fully saturated rings. The van der Waals surface area contributed by atoms with Crippen LogP contribution < -0.4 is 11.1 Å². The lowest BCUT2D eigenvalue weighted by Crippen LogP contribution is -2.29. The average Bonchev–Trinajstić information content (AvgIpc) is 2.89. The van der Waals surface area contributed by atoms with E-state index in [-0.39, 0.29) is 11.4 Å². The molecule has 2 aromatic heterocycles. The molecule has 2 rings (SSSR count). The summed E-state index contributed by atoms with van der Waals surface area (Å²) >= 11 is 0. The molecule has 0 saturated carbocycles. The Morgan fingerprint density at radius 2 is 2.05 bits per heavy atom. The van der Waals surface area contributed by atoms with E-state index in [4.69, 9.17) is 5.73 Å². The van der Waals surface area contributed by atoms with E-state index in [1.165, 1.54) is 0 Å². The first-order valence-corrected chi connectivity index (χ1v) is 6.62. The number of nitrogens with one attached hydrogen (secondary N) is 1. The Bertz CT molecular complexity index is 560. The lowest BCUT2D eigenvalue weighted by Gasteiger charge is -2.29. The van der Waals surface area contributed by atoms with Gasteiger partial charge in [0.1, 0.15) is 6.33 Å². The summed E-state index contributed by atoms with van der Waals surface area (Å²) in [6.45, 7) is 9.55. The number of hydrogen-bond acceptors (Lipinski definition) is 6. The molecule has 0 atom stereocenters. The van der Waals surface area contributed by atoms with Crippen LogP contribution in [0.25, 0.3) is 5.95 Å². The summed E-state index contributed by atoms with van der Waals surface area (Å²) in [7, 11) is 0. The Labute approximate surface area is 118 Å². The van der Waals surface area contributed by atoms with Crippen LogP contribution in [0.1, 0.15) is 27.7 Å². The van der Waals surface area contributed by atoms with E-state index in [1.807, 2.05) is 0 Å². The van der Waals surface area contributed by atoms with Gasteiger partial charge in [-0.1, -0.05) is 27.7 Å². The summed E-state index contributed by atoms with van der Waals surface area (Å²) < 4.78 is 1.69. The highest BCUT2D eigenvalue weighted by Crippen LogP contribution is 2.25. The number of anilines is 2. The lowest BCUT2D eigenvalue weighted by molar-refractivity contribution is 0.269. The quantitative estimate of drug-likeness (QED) is 0.863. The zero-order valence-corrected chi connectivity index (χ0v) is 12.3. The van der Waals surface area contributed by atoms with Crippen LogP contribution in [0.2, 0.25) is 0 Å². The zero-order valence-electron chi connectivity index (χ0n) is 12.3. The van der Waals surface area contributed by atoms with E-state index in [2.05, 4.69) is 52.9 Å². The Hall–Kier alpha value is -2.18. The minimum Gasteiger partial charge on any atom is -0.368 e. The van der Waals surface area contributed by atoms with Gasteiger partial charge in [-0.2, -0.15) is 15.0 Å². The van der Waals surface area contributed by atoms with Crippen molar-refractivity contribution in [3.05, 3.63) is 18.7 Å². The van der Waals surface area contributed by atoms with Crippen molar-refractivity contribution < 1.29 is 0 Å². The second-order valence-electron chi connectivity index (χ2n) is 5.78. The topological polar surface area (TPSA) is 94.5 Å². The first kappa shape index (κ1) is 14.2. The van der Waals surface area contributed by atoms with Crippen molar-refractivity contribution in [2.24, 2.45) is 11.3 Å². The largest absolute Gasteiger partial charge is 0.368 e. The maximum atomic E-state index is 5.73. The number of aromatic nitrogens is 5. The van der Waals surface area contributed by atoms with E-state index in [9.17, 15) is 0 Å². The molecule has 3 N–H and O–H groups in total. The van der Waals surface area contributed by atoms with Gasteiger partial charge in [-0.3, -0.25) is 4.57 Å². The Balaban J connectivity index is 2.17. The van der Waals surface area contributed by atoms with E-state index < -0.39 is 0 Å². The van der Waals surface area contributed by atoms with E-state index in [0.29, 0.717) is 17.8 Å². The Morgan fingerprint density at radius 3 is 2.65 bits per heavy atom. The van der Waals surface area contributed by atoms with Crippen molar-refractivity contribution >= 4 is 11.9 Å². The molecule has 0 amide bonds. The van der Waals surface area contributed by atoms with Gasteiger partial charge in [0.25, 0.3) is 0 Å². The van der Waals surface area contributed by atoms with Crippen molar-refractivity contribution in [2.75, 3.05) is 17.6 Å². The fourth-order valence-electron chi connectivity index (χ4n) is 1.46. The van der Waals surface area contributed by atoms with Gasteiger partial charge in [0.2, 0.25) is 17.8 Å². The molecule has 0 aromatic carbocycles. The molecule has 20 heavy (non-hydrogen) atoms. The Morgan fingerprint density at radius 1 is 1.30 bits per heavy atom. The number of nitrogens with zero attached hydrogens (tertiary/aromatic N) is 5. The highest BCUT2D eigenvalue weighted by Gasteiger charge is 2.22. The normalized spacial score (nSPS) is 11.8. The second-order valence-corrected chi connectivity index (χ2v) is 5.78. The molecule has 7 nitrogen and oxygen atoms in total. The third kappa shape index (κ3) is 3.23. The zero-order chi connectivity index (χ0) is 14.8. The van der Waals surface area contributed by atoms with Gasteiger partial charge in [0, 0.05) is 18.9 Å². The maximum absolute atomic E-state index is 5.73. The summed E-state index contributed by atoms with van der Waals surface area (Å²) in [6, 6.07) is 0. The van der Waals surface area contributed by atoms with Crippen LogP contribution in [-0.2, 0) is 0 Å². The molecule has 0 aliphatic carbocycles. The third-order valence-corrected chi connectivity index (χ3v) is 3.64. The first-order chi connectivity index (χ1) is 9.38. The molecule has 0 bridgehead atoms. The van der Waals surface area contributed by atoms with Gasteiger partial charge in [-0.15, -0.1) is 0 Å². The number of nitrogen functional groups attached to an aromatic ring is 1. The molecule has 0 aliphatic heterocycles. The maximum Gasteiger partial charge on any atom is 0.241 e. The average molecular weight is 275 g/mol. The molecule has 0 saturated heterocycles. The van der Waals surface area contributed by atoms with Crippen LogP contribution >= 0.6 is 0 Å². The standard InChI is InChI=1S/C13H21N7/c1-9(2)13(3,4)7-16-11-17-10(14)18-12(19-11)20-6-5-15-8-20/h5-6,8-9H,7H2,1-4H3,(H3,14,16,17,18,19). The summed E-state index contributed by atoms with van der Waals surface area (Å²) in [5.74, 6) is 1.67. The van der Waals surface area contributed by atoms with Gasteiger partial charge in [-0.05, 0) is 11.3 Å². The third-order valence-electron chi connectivity index (χ3n) is 3.64. The van der Waals surface area contributed by atoms with Crippen LogP contribution in [0, 0.1) is 11.3 Å². The molecule has 0 unspecified atom stereocenters. The number of hydrogen-bond donors (Lipinski definition) is 2. The highest BCUT2D eigenvalue weighted by molar-refractivity contribution is 5.35. The predicted octanol–water partition coefficient (Wildman–Crippen LogP) is 1.73. The van der Waals surface area contributed by atoms with Crippen molar-refractivity contribution in [1.29, 1.82) is 0 Å². The molecule has 2 aromatic rings. The van der Waals surface area contributed by atoms with Crippen molar-refractivity contribution in [2.45, 2.75) is 27.7 Å². The minimum absolute atomic E-state index is 0.135. The summed E-state index contributed by atoms with van der Waals surface area (Å²) in [4.78, 5) is 16.5. The van der Waals surface area contributed by atoms with Crippen LogP contribution in [0.4, 0.5) is 11.9 Å². The Kier molecular flexibility index (Phi) is 3.87. The summed E-state index contributed by atoms with van der Waals surface area (Å²) in [5, 5.41) is 3.23. The second kappa shape index (κ2) is 5.44. The lowest BCUT2D eigenvalue weighted by atomic mass is 9.81. The monoisotopic (exact) mass is 275 g/mol. The number of rotatable bonds is 5. The first-order valence-electron chi connectivity index (χ1n) is 6.62. The van der Waals surface area contributed by atoms with Gasteiger partial charge < -0.3 is 11.1 Å². The molecule has 108 valence electrons. The molecular weight excluding hydrogens is 254 g/mol. The van der Waals surface area contributed by atoms with Gasteiger partial charge >= 0.3 is 0 Å². The number of nitrogens with two attached hydrogens (primary N) is 1. The van der Waals surface area contributed by atoms with Crippen LogP contribution in [-0.4, -0.2) is 31.0 Å². The van der Waals surface area contributed by atoms with E-state index in [1.54, 1.807) is 23.3 Å². The van der Waals surface area contributed by atoms with Crippen LogP contribution in [0.5, 0.6) is 0 Å². The van der Waals surface area contributed by atoms with Crippen LogP contribution in [0.3, 0.4) is 0 Å². The van der Waals surface area contributed by atoms with Crippen molar-refractivity contribution in [1.82, 2.24) is 24.5 Å². The number of imidazole rings is 1. The van der Waals surface area contributed by atoms with Gasteiger partial charge in [-0.25, -0.2) is 4.98 Å². The van der Waals surface area contributed by atoms with E-state index >= 15 is 0 Å². The van der Waals surface area contributed by atoms with Crippen molar-refractivity contribution in [3.63, 3.8) is 0 Å². The van der Waals surface area contributed by atoms with Gasteiger partial charge in [0.15, 0.2) is 0 Å². The van der Waals surface area contributed by atoms with Gasteiger partial charge in [0.05, 0.1) is 0 Å². The highest BCUT2D eigenvalue weighted by atomic mass is 15.3. The fraction of sp³-hybridized carbons (Fsp3) is 0.538. The van der Waals surface area contributed by atoms with Crippen LogP contribution in [0.15, 0.2) is 18.7 Å². The molecular formula is C13H21N7.